The summed E-state index contributed by atoms with van der Waals surface area (Å²) in [7, 11) is 0. The molecule has 2 rings (SSSR count). The second-order valence-electron chi connectivity index (χ2n) is 3.58. The summed E-state index contributed by atoms with van der Waals surface area (Å²) in [5.41, 5.74) is -0.524. The Morgan fingerprint density at radius 3 is 2.11 bits per heavy atom. The molecule has 92 valence electrons. The highest BCUT2D eigenvalue weighted by Crippen LogP contribution is 2.21. The molecule has 5 heteroatoms. The maximum atomic E-state index is 13.6. The van der Waals surface area contributed by atoms with Crippen LogP contribution in [0.2, 0.25) is 10.0 Å². The Labute approximate surface area is 112 Å². The van der Waals surface area contributed by atoms with Gasteiger partial charge in [-0.2, -0.15) is 0 Å². The van der Waals surface area contributed by atoms with Crippen LogP contribution in [0.4, 0.5) is 8.78 Å². The summed E-state index contributed by atoms with van der Waals surface area (Å²) in [6.07, 6.45) is 0. The highest BCUT2D eigenvalue weighted by Gasteiger charge is 2.18. The fourth-order valence-electron chi connectivity index (χ4n) is 1.49. The smallest absolute Gasteiger partial charge is 0.198 e. The number of rotatable bonds is 2. The van der Waals surface area contributed by atoms with E-state index in [9.17, 15) is 13.6 Å². The van der Waals surface area contributed by atoms with Crippen molar-refractivity contribution in [2.45, 2.75) is 0 Å². The lowest BCUT2D eigenvalue weighted by molar-refractivity contribution is 0.103. The van der Waals surface area contributed by atoms with Gasteiger partial charge < -0.3 is 0 Å². The predicted octanol–water partition coefficient (Wildman–Crippen LogP) is 4.50. The van der Waals surface area contributed by atoms with Gasteiger partial charge in [0.2, 0.25) is 0 Å². The number of hydrogen-bond donors (Lipinski definition) is 0. The molecule has 0 saturated carbocycles. The molecule has 0 N–H and O–H groups in total. The van der Waals surface area contributed by atoms with Gasteiger partial charge in [0.1, 0.15) is 11.6 Å². The Morgan fingerprint density at radius 2 is 1.44 bits per heavy atom. The molecule has 0 aliphatic heterocycles. The third kappa shape index (κ3) is 2.52. The van der Waals surface area contributed by atoms with E-state index in [-0.39, 0.29) is 21.2 Å². The first-order valence-electron chi connectivity index (χ1n) is 4.94. The summed E-state index contributed by atoms with van der Waals surface area (Å²) < 4.78 is 27.0. The molecule has 0 unspecified atom stereocenters. The number of ketones is 1. The SMILES string of the molecule is O=C(c1ccc(Cl)cc1F)c1cc(Cl)ccc1F. The number of halogens is 4. The molecule has 0 fully saturated rings. The van der Waals surface area contributed by atoms with Gasteiger partial charge in [-0.15, -0.1) is 0 Å². The molecule has 0 bridgehead atoms. The Kier molecular flexibility index (Phi) is 3.64. The summed E-state index contributed by atoms with van der Waals surface area (Å²) in [4.78, 5) is 12.0. The molecule has 0 saturated heterocycles. The Bertz CT molecular complexity index is 626. The van der Waals surface area contributed by atoms with E-state index < -0.39 is 17.4 Å². The highest BCUT2D eigenvalue weighted by molar-refractivity contribution is 6.31. The quantitative estimate of drug-likeness (QED) is 0.743. The summed E-state index contributed by atoms with van der Waals surface area (Å²) in [5, 5.41) is 0.365. The van der Waals surface area contributed by atoms with Crippen molar-refractivity contribution in [2.24, 2.45) is 0 Å². The van der Waals surface area contributed by atoms with Crippen LogP contribution >= 0.6 is 23.2 Å². The zero-order valence-corrected chi connectivity index (χ0v) is 10.4. The van der Waals surface area contributed by atoms with E-state index >= 15 is 0 Å². The van der Waals surface area contributed by atoms with E-state index in [4.69, 9.17) is 23.2 Å². The van der Waals surface area contributed by atoms with Crippen molar-refractivity contribution >= 4 is 29.0 Å². The number of hydrogen-bond acceptors (Lipinski definition) is 1. The summed E-state index contributed by atoms with van der Waals surface area (Å²) in [6, 6.07) is 7.10. The molecule has 0 spiro atoms. The second kappa shape index (κ2) is 5.04. The van der Waals surface area contributed by atoms with Crippen molar-refractivity contribution < 1.29 is 13.6 Å². The highest BCUT2D eigenvalue weighted by atomic mass is 35.5. The van der Waals surface area contributed by atoms with Crippen molar-refractivity contribution in [3.8, 4) is 0 Å². The summed E-state index contributed by atoms with van der Waals surface area (Å²) >= 11 is 11.3. The van der Waals surface area contributed by atoms with E-state index in [0.29, 0.717) is 0 Å². The largest absolute Gasteiger partial charge is 0.288 e. The molecule has 18 heavy (non-hydrogen) atoms. The molecule has 1 nitrogen and oxygen atoms in total. The summed E-state index contributed by atoms with van der Waals surface area (Å²) in [5.74, 6) is -2.32. The van der Waals surface area contributed by atoms with Crippen molar-refractivity contribution in [1.29, 1.82) is 0 Å². The van der Waals surface area contributed by atoms with E-state index in [1.54, 1.807) is 0 Å². The minimum Gasteiger partial charge on any atom is -0.288 e. The van der Waals surface area contributed by atoms with E-state index in [2.05, 4.69) is 0 Å². The Balaban J connectivity index is 2.51. The first-order chi connectivity index (χ1) is 8.49. The van der Waals surface area contributed by atoms with Crippen LogP contribution in [0.3, 0.4) is 0 Å². The summed E-state index contributed by atoms with van der Waals surface area (Å²) in [6.45, 7) is 0. The average molecular weight is 287 g/mol. The van der Waals surface area contributed by atoms with Crippen LogP contribution in [0.5, 0.6) is 0 Å². The maximum Gasteiger partial charge on any atom is 0.198 e. The van der Waals surface area contributed by atoms with Crippen LogP contribution < -0.4 is 0 Å². The molecule has 0 amide bonds. The van der Waals surface area contributed by atoms with Crippen molar-refractivity contribution in [1.82, 2.24) is 0 Å². The standard InChI is InChI=1S/C13H6Cl2F2O/c14-7-2-4-11(16)10(5-7)13(18)9-3-1-8(15)6-12(9)17/h1-6H. The minimum absolute atomic E-state index is 0.163. The predicted molar refractivity (Wildman–Crippen MR) is 66.3 cm³/mol. The van der Waals surface area contributed by atoms with Crippen LogP contribution in [-0.4, -0.2) is 5.78 Å². The lowest BCUT2D eigenvalue weighted by Crippen LogP contribution is -2.06. The zero-order chi connectivity index (χ0) is 13.3. The lowest BCUT2D eigenvalue weighted by atomic mass is 10.0. The fraction of sp³-hybridized carbons (Fsp3) is 0. The number of benzene rings is 2. The van der Waals surface area contributed by atoms with Crippen molar-refractivity contribution in [3.05, 3.63) is 69.2 Å². The maximum absolute atomic E-state index is 13.6. The Hall–Kier alpha value is -1.45. The zero-order valence-electron chi connectivity index (χ0n) is 8.88. The van der Waals surface area contributed by atoms with Gasteiger partial charge in [-0.3, -0.25) is 4.79 Å². The van der Waals surface area contributed by atoms with Gasteiger partial charge in [0.15, 0.2) is 5.78 Å². The molecule has 2 aromatic rings. The third-order valence-corrected chi connectivity index (χ3v) is 2.82. The Morgan fingerprint density at radius 1 is 0.833 bits per heavy atom. The first-order valence-corrected chi connectivity index (χ1v) is 5.69. The first kappa shape index (κ1) is 13.0. The minimum atomic E-state index is -0.799. The van der Waals surface area contributed by atoms with E-state index in [1.807, 2.05) is 0 Å². The topological polar surface area (TPSA) is 17.1 Å². The van der Waals surface area contributed by atoms with E-state index in [1.165, 1.54) is 18.2 Å². The van der Waals surface area contributed by atoms with Gasteiger partial charge >= 0.3 is 0 Å². The normalized spacial score (nSPS) is 10.4. The molecule has 0 heterocycles. The number of carbonyl (C=O) groups is 1. The van der Waals surface area contributed by atoms with Gasteiger partial charge in [0.05, 0.1) is 11.1 Å². The van der Waals surface area contributed by atoms with Crippen LogP contribution in [-0.2, 0) is 0 Å². The van der Waals surface area contributed by atoms with Crippen LogP contribution in [0, 0.1) is 11.6 Å². The molecule has 0 aromatic heterocycles. The van der Waals surface area contributed by atoms with Crippen LogP contribution in [0.25, 0.3) is 0 Å². The van der Waals surface area contributed by atoms with Gasteiger partial charge in [0.25, 0.3) is 0 Å². The van der Waals surface area contributed by atoms with Gasteiger partial charge in [-0.1, -0.05) is 23.2 Å². The van der Waals surface area contributed by atoms with Gasteiger partial charge in [0, 0.05) is 10.0 Å². The molecular formula is C13H6Cl2F2O. The second-order valence-corrected chi connectivity index (χ2v) is 4.45. The molecule has 0 aliphatic rings. The molecule has 0 aliphatic carbocycles. The molecular weight excluding hydrogens is 281 g/mol. The molecule has 0 radical (unpaired) electrons. The molecule has 0 atom stereocenters. The number of carbonyl (C=O) groups excluding carboxylic acids is 1. The van der Waals surface area contributed by atoms with Crippen molar-refractivity contribution in [2.75, 3.05) is 0 Å². The van der Waals surface area contributed by atoms with E-state index in [0.717, 1.165) is 18.2 Å². The molecule has 2 aromatic carbocycles. The van der Waals surface area contributed by atoms with Gasteiger partial charge in [-0.25, -0.2) is 8.78 Å². The van der Waals surface area contributed by atoms with Crippen molar-refractivity contribution in [3.63, 3.8) is 0 Å². The average Bonchev–Trinajstić information content (AvgIpc) is 2.31. The van der Waals surface area contributed by atoms with Crippen LogP contribution in [0.1, 0.15) is 15.9 Å². The van der Waals surface area contributed by atoms with Crippen LogP contribution in [0.15, 0.2) is 36.4 Å². The third-order valence-electron chi connectivity index (χ3n) is 2.35. The lowest BCUT2D eigenvalue weighted by Gasteiger charge is -2.05. The van der Waals surface area contributed by atoms with Gasteiger partial charge in [-0.05, 0) is 36.4 Å². The monoisotopic (exact) mass is 286 g/mol. The fourth-order valence-corrected chi connectivity index (χ4v) is 1.82.